The summed E-state index contributed by atoms with van der Waals surface area (Å²) in [5.74, 6) is 0.959. The zero-order valence-corrected chi connectivity index (χ0v) is 23.7. The molecule has 2 heterocycles. The van der Waals surface area contributed by atoms with Gasteiger partial charge in [-0.15, -0.1) is 0 Å². The number of benzene rings is 1. The molecule has 0 N–H and O–H groups in total. The molecule has 0 saturated heterocycles. The summed E-state index contributed by atoms with van der Waals surface area (Å²) in [6.07, 6.45) is 1.61. The Hall–Kier alpha value is -3.46. The number of nitriles is 2. The molecule has 6 nitrogen and oxygen atoms in total. The monoisotopic (exact) mass is 542 g/mol. The highest BCUT2D eigenvalue weighted by Gasteiger charge is 2.15. The van der Waals surface area contributed by atoms with Gasteiger partial charge in [-0.2, -0.15) is 10.5 Å². The van der Waals surface area contributed by atoms with Crippen LogP contribution in [0, 0.1) is 34.5 Å². The lowest BCUT2D eigenvalue weighted by Gasteiger charge is -2.09. The van der Waals surface area contributed by atoms with Crippen LogP contribution < -0.4 is 0 Å². The molecule has 0 aliphatic rings. The van der Waals surface area contributed by atoms with E-state index in [-0.39, 0.29) is 23.1 Å². The van der Waals surface area contributed by atoms with Gasteiger partial charge in [-0.25, -0.2) is 9.97 Å². The highest BCUT2D eigenvalue weighted by molar-refractivity contribution is 8.00. The Bertz CT molecular complexity index is 1280. The number of hydrogen-bond acceptors (Lipinski definition) is 8. The lowest BCUT2D eigenvalue weighted by molar-refractivity contribution is 0.101. The number of carbonyl (C=O) groups is 2. The van der Waals surface area contributed by atoms with Gasteiger partial charge in [0.15, 0.2) is 11.6 Å². The zero-order valence-electron chi connectivity index (χ0n) is 22.0. The predicted molar refractivity (Wildman–Crippen MR) is 152 cm³/mol. The van der Waals surface area contributed by atoms with E-state index in [1.807, 2.05) is 12.1 Å². The van der Waals surface area contributed by atoms with Gasteiger partial charge in [-0.05, 0) is 48.9 Å². The van der Waals surface area contributed by atoms with Gasteiger partial charge in [0.05, 0.1) is 22.6 Å². The number of carbonyl (C=O) groups excluding carboxylic acids is 2. The van der Waals surface area contributed by atoms with E-state index in [0.29, 0.717) is 44.1 Å². The van der Waals surface area contributed by atoms with Crippen molar-refractivity contribution in [2.45, 2.75) is 50.6 Å². The number of thioether (sulfide) groups is 2. The third kappa shape index (κ3) is 8.28. The number of rotatable bonds is 12. The average molecular weight is 543 g/mol. The zero-order chi connectivity index (χ0) is 27.7. The molecule has 0 aliphatic carbocycles. The minimum atomic E-state index is -0.104. The minimum Gasteiger partial charge on any atom is -0.293 e. The number of nitrogens with zero attached hydrogens (tertiary/aromatic N) is 4. The first kappa shape index (κ1) is 29.1. The molecule has 38 heavy (non-hydrogen) atoms. The van der Waals surface area contributed by atoms with Crippen LogP contribution in [-0.4, -0.2) is 33.0 Å². The van der Waals surface area contributed by atoms with Gasteiger partial charge < -0.3 is 0 Å². The maximum absolute atomic E-state index is 12.8. The quantitative estimate of drug-likeness (QED) is 0.187. The van der Waals surface area contributed by atoms with Crippen molar-refractivity contribution in [3.05, 3.63) is 82.2 Å². The smallest absolute Gasteiger partial charge is 0.173 e. The summed E-state index contributed by atoms with van der Waals surface area (Å²) in [4.78, 5) is 34.7. The van der Waals surface area contributed by atoms with Crippen LogP contribution >= 0.6 is 23.5 Å². The molecule has 194 valence electrons. The second-order valence-corrected chi connectivity index (χ2v) is 11.7. The Morgan fingerprint density at radius 2 is 1.05 bits per heavy atom. The molecule has 0 fully saturated rings. The molecule has 2 aromatic heterocycles. The van der Waals surface area contributed by atoms with Crippen molar-refractivity contribution >= 4 is 35.1 Å². The summed E-state index contributed by atoms with van der Waals surface area (Å²) in [7, 11) is 0. The van der Waals surface area contributed by atoms with Crippen molar-refractivity contribution in [3.8, 4) is 12.1 Å². The highest BCUT2D eigenvalue weighted by Crippen LogP contribution is 2.24. The first-order valence-electron chi connectivity index (χ1n) is 12.4. The third-order valence-electron chi connectivity index (χ3n) is 5.52. The highest BCUT2D eigenvalue weighted by atomic mass is 32.2. The number of ketones is 2. The number of hydrogen-bond donors (Lipinski definition) is 0. The van der Waals surface area contributed by atoms with Gasteiger partial charge in [0.25, 0.3) is 0 Å². The predicted octanol–water partition coefficient (Wildman–Crippen LogP) is 6.57. The van der Waals surface area contributed by atoms with Crippen molar-refractivity contribution in [2.24, 2.45) is 11.8 Å². The molecule has 0 aliphatic heterocycles. The lowest BCUT2D eigenvalue weighted by Crippen LogP contribution is -2.07. The molecule has 3 rings (SSSR count). The fourth-order valence-corrected chi connectivity index (χ4v) is 5.46. The molecular formula is C30H30N4O2S2. The van der Waals surface area contributed by atoms with E-state index >= 15 is 0 Å². The molecule has 0 amide bonds. The van der Waals surface area contributed by atoms with E-state index in [0.717, 1.165) is 24.2 Å². The van der Waals surface area contributed by atoms with Gasteiger partial charge in [-0.1, -0.05) is 75.5 Å². The maximum atomic E-state index is 12.8. The fraction of sp³-hybridized carbons (Fsp3) is 0.333. The summed E-state index contributed by atoms with van der Waals surface area (Å²) < 4.78 is 0. The second kappa shape index (κ2) is 13.9. The molecule has 3 aromatic rings. The molecule has 0 atom stereocenters. The van der Waals surface area contributed by atoms with Gasteiger partial charge in [0, 0.05) is 22.5 Å². The Balaban J connectivity index is 1.62. The SMILES string of the molecule is CC(C)Cc1ccc(C#N)c(SCC(=O)c2ccc(C(=O)CSc3nc(CC(C)C)ccc3C#N)cc2)n1. The Labute approximate surface area is 232 Å². The van der Waals surface area contributed by atoms with Crippen LogP contribution in [0.3, 0.4) is 0 Å². The van der Waals surface area contributed by atoms with E-state index in [1.54, 1.807) is 36.4 Å². The molecule has 8 heteroatoms. The number of pyridine rings is 2. The molecule has 0 unspecified atom stereocenters. The van der Waals surface area contributed by atoms with Crippen LogP contribution in [0.2, 0.25) is 0 Å². The summed E-state index contributed by atoms with van der Waals surface area (Å²) in [5, 5.41) is 19.9. The van der Waals surface area contributed by atoms with Crippen molar-refractivity contribution in [1.29, 1.82) is 10.5 Å². The van der Waals surface area contributed by atoms with E-state index in [9.17, 15) is 20.1 Å². The summed E-state index contributed by atoms with van der Waals surface area (Å²) >= 11 is 2.51. The van der Waals surface area contributed by atoms with Gasteiger partial charge in [0.2, 0.25) is 0 Å². The standard InChI is InChI=1S/C30H30N4O2S2/c1-19(2)13-25-11-9-23(15-31)29(33-25)37-17-27(35)21-5-7-22(8-6-21)28(36)18-38-30-24(16-32)10-12-26(34-30)14-20(3)4/h5-12,19-20H,13-14,17-18H2,1-4H3. The van der Waals surface area contributed by atoms with Gasteiger partial charge >= 0.3 is 0 Å². The summed E-state index contributed by atoms with van der Waals surface area (Å²) in [5.41, 5.74) is 3.70. The van der Waals surface area contributed by atoms with E-state index in [1.165, 1.54) is 23.5 Å². The van der Waals surface area contributed by atoms with Crippen LogP contribution in [0.1, 0.15) is 70.9 Å². The Morgan fingerprint density at radius 1 is 0.684 bits per heavy atom. The molecule has 0 spiro atoms. The first-order chi connectivity index (χ1) is 18.2. The molecular weight excluding hydrogens is 512 g/mol. The molecule has 1 aromatic carbocycles. The minimum absolute atomic E-state index is 0.104. The number of Topliss-reactive ketones (excluding diaryl/α,β-unsaturated/α-hetero) is 2. The topological polar surface area (TPSA) is 107 Å². The van der Waals surface area contributed by atoms with Crippen molar-refractivity contribution < 1.29 is 9.59 Å². The van der Waals surface area contributed by atoms with Gasteiger partial charge in [0.1, 0.15) is 22.2 Å². The van der Waals surface area contributed by atoms with Crippen LogP contribution in [0.5, 0.6) is 0 Å². The van der Waals surface area contributed by atoms with Crippen molar-refractivity contribution in [2.75, 3.05) is 11.5 Å². The molecule has 0 radical (unpaired) electrons. The number of aromatic nitrogens is 2. The maximum Gasteiger partial charge on any atom is 0.173 e. The van der Waals surface area contributed by atoms with Crippen LogP contribution in [0.15, 0.2) is 58.6 Å². The van der Waals surface area contributed by atoms with E-state index in [2.05, 4.69) is 49.8 Å². The average Bonchev–Trinajstić information content (AvgIpc) is 2.90. The molecule has 0 bridgehead atoms. The van der Waals surface area contributed by atoms with Crippen LogP contribution in [0.25, 0.3) is 0 Å². The normalized spacial score (nSPS) is 10.8. The van der Waals surface area contributed by atoms with Crippen LogP contribution in [-0.2, 0) is 12.8 Å². The third-order valence-corrected chi connectivity index (χ3v) is 7.50. The summed E-state index contributed by atoms with van der Waals surface area (Å²) in [6.45, 7) is 8.43. The largest absolute Gasteiger partial charge is 0.293 e. The first-order valence-corrected chi connectivity index (χ1v) is 14.4. The Morgan fingerprint density at radius 3 is 1.37 bits per heavy atom. The second-order valence-electron chi connectivity index (χ2n) is 9.73. The lowest BCUT2D eigenvalue weighted by atomic mass is 10.1. The fourth-order valence-electron chi connectivity index (χ4n) is 3.69. The van der Waals surface area contributed by atoms with E-state index in [4.69, 9.17) is 0 Å². The van der Waals surface area contributed by atoms with Crippen molar-refractivity contribution in [1.82, 2.24) is 9.97 Å². The van der Waals surface area contributed by atoms with Crippen molar-refractivity contribution in [3.63, 3.8) is 0 Å². The van der Waals surface area contributed by atoms with Crippen LogP contribution in [0.4, 0.5) is 0 Å². The Kier molecular flexibility index (Phi) is 10.6. The van der Waals surface area contributed by atoms with E-state index < -0.39 is 0 Å². The molecule has 0 saturated carbocycles. The summed E-state index contributed by atoms with van der Waals surface area (Å²) in [6, 6.07) is 18.1. The van der Waals surface area contributed by atoms with Gasteiger partial charge in [-0.3, -0.25) is 9.59 Å².